The van der Waals surface area contributed by atoms with Crippen molar-refractivity contribution in [1.82, 2.24) is 0 Å². The fraction of sp³-hybridized carbons (Fsp3) is 0.684. The minimum atomic E-state index is -1.52. The summed E-state index contributed by atoms with van der Waals surface area (Å²) in [5.74, 6) is 0. The van der Waals surface area contributed by atoms with Crippen molar-refractivity contribution in [3.05, 3.63) is 35.9 Å². The number of benzene rings is 1. The van der Waals surface area contributed by atoms with Gasteiger partial charge in [0, 0.05) is 0 Å². The Kier molecular flexibility index (Phi) is 7.93. The Balaban J connectivity index is 1.51. The average molecular weight is 416 g/mol. The highest BCUT2D eigenvalue weighted by atomic mass is 16.7. The summed E-state index contributed by atoms with van der Waals surface area (Å²) < 4.78 is 21.6. The molecule has 10 nitrogen and oxygen atoms in total. The van der Waals surface area contributed by atoms with Crippen molar-refractivity contribution < 1.29 is 49.6 Å². The van der Waals surface area contributed by atoms with Crippen LogP contribution in [0.1, 0.15) is 5.56 Å². The van der Waals surface area contributed by atoms with Gasteiger partial charge >= 0.3 is 0 Å². The third kappa shape index (κ3) is 5.50. The molecule has 0 aliphatic carbocycles. The zero-order chi connectivity index (χ0) is 21.0. The first-order valence-corrected chi connectivity index (χ1v) is 9.51. The minimum Gasteiger partial charge on any atom is -0.388 e. The van der Waals surface area contributed by atoms with Crippen molar-refractivity contribution in [2.75, 3.05) is 19.8 Å². The SMILES string of the molecule is O[C@H]1[C@@H](O)[C@H](OCCc2ccccc2)O[C@@H](CO[C@@H]2OC[C@@H](O)[C@@H](O)[C@H]2O)[C@H]1O. The van der Waals surface area contributed by atoms with Crippen LogP contribution < -0.4 is 0 Å². The van der Waals surface area contributed by atoms with Gasteiger partial charge in [-0.25, -0.2) is 0 Å². The molecule has 29 heavy (non-hydrogen) atoms. The third-order valence-corrected chi connectivity index (χ3v) is 5.06. The van der Waals surface area contributed by atoms with Crippen LogP contribution in [0.15, 0.2) is 30.3 Å². The summed E-state index contributed by atoms with van der Waals surface area (Å²) in [7, 11) is 0. The van der Waals surface area contributed by atoms with Crippen LogP contribution >= 0.6 is 0 Å². The lowest BCUT2D eigenvalue weighted by atomic mass is 9.99. The van der Waals surface area contributed by atoms with Crippen LogP contribution in [0.3, 0.4) is 0 Å². The molecule has 10 heteroatoms. The van der Waals surface area contributed by atoms with E-state index in [4.69, 9.17) is 18.9 Å². The lowest BCUT2D eigenvalue weighted by Crippen LogP contribution is -2.60. The largest absolute Gasteiger partial charge is 0.388 e. The number of aliphatic hydroxyl groups is 6. The van der Waals surface area contributed by atoms with Gasteiger partial charge in [-0.2, -0.15) is 0 Å². The molecule has 0 unspecified atom stereocenters. The van der Waals surface area contributed by atoms with Crippen LogP contribution in [0, 0.1) is 0 Å². The summed E-state index contributed by atoms with van der Waals surface area (Å²) in [4.78, 5) is 0. The highest BCUT2D eigenvalue weighted by Crippen LogP contribution is 2.24. The molecule has 6 N–H and O–H groups in total. The molecule has 2 aliphatic heterocycles. The van der Waals surface area contributed by atoms with Gasteiger partial charge in [-0.05, 0) is 12.0 Å². The predicted molar refractivity (Wildman–Crippen MR) is 96.5 cm³/mol. The van der Waals surface area contributed by atoms with E-state index in [-0.39, 0.29) is 19.8 Å². The molecule has 164 valence electrons. The molecular formula is C19H28O10. The molecule has 1 aromatic carbocycles. The van der Waals surface area contributed by atoms with Gasteiger partial charge in [-0.1, -0.05) is 30.3 Å². The molecule has 9 atom stereocenters. The molecule has 1 aromatic rings. The molecule has 3 rings (SSSR count). The van der Waals surface area contributed by atoms with Gasteiger partial charge < -0.3 is 49.6 Å². The Labute approximate surface area is 167 Å². The van der Waals surface area contributed by atoms with E-state index in [0.717, 1.165) is 5.56 Å². The summed E-state index contributed by atoms with van der Waals surface area (Å²) in [6, 6.07) is 9.54. The van der Waals surface area contributed by atoms with Crippen LogP contribution in [0.5, 0.6) is 0 Å². The van der Waals surface area contributed by atoms with E-state index in [0.29, 0.717) is 6.42 Å². The lowest BCUT2D eigenvalue weighted by molar-refractivity contribution is -0.320. The molecule has 0 spiro atoms. The summed E-state index contributed by atoms with van der Waals surface area (Å²) in [6.07, 6.45) is -11.5. The van der Waals surface area contributed by atoms with Crippen molar-refractivity contribution in [3.8, 4) is 0 Å². The van der Waals surface area contributed by atoms with Crippen LogP contribution in [0.25, 0.3) is 0 Å². The quantitative estimate of drug-likeness (QED) is 0.281. The second-order valence-corrected chi connectivity index (χ2v) is 7.20. The molecule has 0 radical (unpaired) electrons. The maximum atomic E-state index is 10.2. The van der Waals surface area contributed by atoms with E-state index in [1.807, 2.05) is 30.3 Å². The lowest BCUT2D eigenvalue weighted by Gasteiger charge is -2.41. The maximum absolute atomic E-state index is 10.2. The summed E-state index contributed by atoms with van der Waals surface area (Å²) in [5, 5.41) is 59.4. The fourth-order valence-electron chi connectivity index (χ4n) is 3.25. The van der Waals surface area contributed by atoms with E-state index in [1.54, 1.807) is 0 Å². The molecule has 0 saturated carbocycles. The maximum Gasteiger partial charge on any atom is 0.186 e. The molecule has 2 fully saturated rings. The van der Waals surface area contributed by atoms with Gasteiger partial charge in [0.15, 0.2) is 12.6 Å². The molecule has 0 amide bonds. The van der Waals surface area contributed by atoms with Crippen molar-refractivity contribution in [3.63, 3.8) is 0 Å². The first kappa shape index (κ1) is 22.5. The monoisotopic (exact) mass is 416 g/mol. The van der Waals surface area contributed by atoms with E-state index in [9.17, 15) is 30.6 Å². The highest BCUT2D eigenvalue weighted by Gasteiger charge is 2.45. The minimum absolute atomic E-state index is 0.219. The molecule has 0 aromatic heterocycles. The number of hydrogen-bond donors (Lipinski definition) is 6. The van der Waals surface area contributed by atoms with Crippen LogP contribution in [-0.4, -0.2) is 106 Å². The van der Waals surface area contributed by atoms with Crippen molar-refractivity contribution >= 4 is 0 Å². The van der Waals surface area contributed by atoms with E-state index >= 15 is 0 Å². The zero-order valence-electron chi connectivity index (χ0n) is 15.7. The second kappa shape index (κ2) is 10.2. The Hall–Kier alpha value is -1.18. The van der Waals surface area contributed by atoms with Gasteiger partial charge in [0.2, 0.25) is 0 Å². The van der Waals surface area contributed by atoms with Gasteiger partial charge in [0.25, 0.3) is 0 Å². The third-order valence-electron chi connectivity index (χ3n) is 5.06. The van der Waals surface area contributed by atoms with Gasteiger partial charge in [-0.15, -0.1) is 0 Å². The predicted octanol–water partition coefficient (Wildman–Crippen LogP) is -2.49. The molecule has 2 aliphatic rings. The van der Waals surface area contributed by atoms with Crippen molar-refractivity contribution in [1.29, 1.82) is 0 Å². The highest BCUT2D eigenvalue weighted by molar-refractivity contribution is 5.14. The molecule has 2 heterocycles. The smallest absolute Gasteiger partial charge is 0.186 e. The first-order chi connectivity index (χ1) is 13.9. The van der Waals surface area contributed by atoms with Crippen molar-refractivity contribution in [2.24, 2.45) is 0 Å². The summed E-state index contributed by atoms with van der Waals surface area (Å²) in [5.41, 5.74) is 1.03. The number of rotatable bonds is 7. The van der Waals surface area contributed by atoms with Gasteiger partial charge in [-0.3, -0.25) is 0 Å². The van der Waals surface area contributed by atoms with Crippen LogP contribution in [0.4, 0.5) is 0 Å². The van der Waals surface area contributed by atoms with Crippen LogP contribution in [0.2, 0.25) is 0 Å². The van der Waals surface area contributed by atoms with Gasteiger partial charge in [0.05, 0.1) is 19.8 Å². The Morgan fingerprint density at radius 2 is 1.48 bits per heavy atom. The standard InChI is InChI=1S/C19H28O10/c20-11-8-27-18(16(24)13(11)21)28-9-12-14(22)15(23)17(25)19(29-12)26-7-6-10-4-2-1-3-5-10/h1-5,11-25H,6-9H2/t11-,12+,13-,14-,15-,16-,17-,18+,19-/m1/s1. The van der Waals surface area contributed by atoms with Gasteiger partial charge in [0.1, 0.15) is 42.7 Å². The molecule has 0 bridgehead atoms. The van der Waals surface area contributed by atoms with E-state index < -0.39 is 55.3 Å². The Bertz CT molecular complexity index is 616. The van der Waals surface area contributed by atoms with E-state index in [2.05, 4.69) is 0 Å². The fourth-order valence-corrected chi connectivity index (χ4v) is 3.25. The number of hydrogen-bond acceptors (Lipinski definition) is 10. The Morgan fingerprint density at radius 1 is 0.793 bits per heavy atom. The molecule has 2 saturated heterocycles. The number of aliphatic hydroxyl groups excluding tert-OH is 6. The van der Waals surface area contributed by atoms with E-state index in [1.165, 1.54) is 0 Å². The zero-order valence-corrected chi connectivity index (χ0v) is 15.7. The normalized spacial score (nSPS) is 40.7. The second-order valence-electron chi connectivity index (χ2n) is 7.20. The first-order valence-electron chi connectivity index (χ1n) is 9.51. The average Bonchev–Trinajstić information content (AvgIpc) is 2.73. The topological polar surface area (TPSA) is 158 Å². The number of ether oxygens (including phenoxy) is 4. The van der Waals surface area contributed by atoms with Crippen LogP contribution in [-0.2, 0) is 25.4 Å². The summed E-state index contributed by atoms with van der Waals surface area (Å²) in [6.45, 7) is -0.325. The summed E-state index contributed by atoms with van der Waals surface area (Å²) >= 11 is 0. The van der Waals surface area contributed by atoms with Crippen molar-refractivity contribution in [2.45, 2.75) is 61.7 Å². The molecular weight excluding hydrogens is 388 g/mol. The Morgan fingerprint density at radius 3 is 2.21 bits per heavy atom.